The van der Waals surface area contributed by atoms with Gasteiger partial charge in [0, 0.05) is 13.1 Å². The summed E-state index contributed by atoms with van der Waals surface area (Å²) >= 11 is 0. The molecule has 0 radical (unpaired) electrons. The maximum atomic E-state index is 11.1. The summed E-state index contributed by atoms with van der Waals surface area (Å²) in [5.74, 6) is -0.406. The Morgan fingerprint density at radius 2 is 1.43 bits per heavy atom. The zero-order valence-electron chi connectivity index (χ0n) is 14.7. The van der Waals surface area contributed by atoms with Crippen LogP contribution in [0.5, 0.6) is 0 Å². The predicted octanol–water partition coefficient (Wildman–Crippen LogP) is 1.57. The average Bonchev–Trinajstić information content (AvgIpc) is 2.49. The fourth-order valence-corrected chi connectivity index (χ4v) is 1.62. The van der Waals surface area contributed by atoms with Gasteiger partial charge in [-0.1, -0.05) is 13.2 Å². The molecule has 0 aromatic rings. The first kappa shape index (κ1) is 21.3. The molecule has 0 aromatic carbocycles. The zero-order chi connectivity index (χ0) is 17.9. The zero-order valence-corrected chi connectivity index (χ0v) is 14.7. The van der Waals surface area contributed by atoms with Gasteiger partial charge in [-0.3, -0.25) is 9.59 Å². The summed E-state index contributed by atoms with van der Waals surface area (Å²) in [5, 5.41) is 5.38. The summed E-state index contributed by atoms with van der Waals surface area (Å²) in [7, 11) is 0. The number of amides is 2. The lowest BCUT2D eigenvalue weighted by Gasteiger charge is -2.32. The van der Waals surface area contributed by atoms with Crippen molar-refractivity contribution in [3.05, 3.63) is 25.3 Å². The molecule has 0 aromatic heterocycles. The molecule has 0 aliphatic rings. The van der Waals surface area contributed by atoms with Gasteiger partial charge in [-0.05, 0) is 46.3 Å². The van der Waals surface area contributed by atoms with Gasteiger partial charge in [-0.25, -0.2) is 0 Å². The molecule has 0 atom stereocenters. The van der Waals surface area contributed by atoms with Gasteiger partial charge >= 0.3 is 0 Å². The third kappa shape index (κ3) is 11.5. The maximum Gasteiger partial charge on any atom is 0.243 e. The van der Waals surface area contributed by atoms with E-state index in [1.807, 2.05) is 27.7 Å². The van der Waals surface area contributed by atoms with Gasteiger partial charge in [0.1, 0.15) is 0 Å². The van der Waals surface area contributed by atoms with Crippen LogP contribution in [0.15, 0.2) is 25.3 Å². The summed E-state index contributed by atoms with van der Waals surface area (Å²) < 4.78 is 11.6. The van der Waals surface area contributed by atoms with E-state index in [-0.39, 0.29) is 17.4 Å². The third-order valence-corrected chi connectivity index (χ3v) is 3.10. The largest absolute Gasteiger partial charge is 0.373 e. The Balaban J connectivity index is 4.04. The highest BCUT2D eigenvalue weighted by atomic mass is 16.6. The van der Waals surface area contributed by atoms with E-state index < -0.39 is 5.60 Å². The molecule has 0 aliphatic carbocycles. The monoisotopic (exact) mass is 326 g/mol. The Morgan fingerprint density at radius 3 is 1.96 bits per heavy atom. The number of hydrogen-bond donors (Lipinski definition) is 2. The summed E-state index contributed by atoms with van der Waals surface area (Å²) in [6.45, 7) is 16.3. The second-order valence-electron chi connectivity index (χ2n) is 6.40. The highest BCUT2D eigenvalue weighted by Crippen LogP contribution is 2.18. The first-order valence-electron chi connectivity index (χ1n) is 7.70. The van der Waals surface area contributed by atoms with Crippen LogP contribution < -0.4 is 10.6 Å². The molecule has 0 saturated heterocycles. The van der Waals surface area contributed by atoms with Gasteiger partial charge in [0.15, 0.2) is 0 Å². The van der Waals surface area contributed by atoms with Crippen molar-refractivity contribution < 1.29 is 19.1 Å². The lowest BCUT2D eigenvalue weighted by molar-refractivity contribution is -0.125. The van der Waals surface area contributed by atoms with Crippen LogP contribution in [0, 0.1) is 0 Å². The van der Waals surface area contributed by atoms with Crippen molar-refractivity contribution in [2.24, 2.45) is 0 Å². The summed E-state index contributed by atoms with van der Waals surface area (Å²) in [6.07, 6.45) is 3.15. The van der Waals surface area contributed by atoms with Crippen LogP contribution in [0.25, 0.3) is 0 Å². The molecule has 6 heteroatoms. The van der Waals surface area contributed by atoms with Gasteiger partial charge < -0.3 is 20.1 Å². The van der Waals surface area contributed by atoms with Gasteiger partial charge in [-0.15, -0.1) is 0 Å². The van der Waals surface area contributed by atoms with E-state index in [4.69, 9.17) is 9.47 Å². The smallest absolute Gasteiger partial charge is 0.243 e. The van der Waals surface area contributed by atoms with Crippen molar-refractivity contribution in [1.29, 1.82) is 0 Å². The second-order valence-corrected chi connectivity index (χ2v) is 6.40. The minimum absolute atomic E-state index is 0.189. The van der Waals surface area contributed by atoms with Crippen molar-refractivity contribution in [3.8, 4) is 0 Å². The fraction of sp³-hybridized carbons (Fsp3) is 0.647. The standard InChI is InChI=1S/C17H30N2O4/c1-7-14(20)18-10-9-16(3,4)23-13-17(5,6)22-12-11-19-15(21)8-2/h7-8H,1-2,9-13H2,3-6H3,(H,18,20)(H,19,21). The molecular formula is C17H30N2O4. The molecule has 0 bridgehead atoms. The maximum absolute atomic E-state index is 11.1. The van der Waals surface area contributed by atoms with Gasteiger partial charge in [0.05, 0.1) is 24.4 Å². The molecule has 0 unspecified atom stereocenters. The highest BCUT2D eigenvalue weighted by molar-refractivity contribution is 5.87. The first-order valence-corrected chi connectivity index (χ1v) is 7.70. The highest BCUT2D eigenvalue weighted by Gasteiger charge is 2.25. The third-order valence-electron chi connectivity index (χ3n) is 3.10. The van der Waals surface area contributed by atoms with Crippen molar-refractivity contribution in [3.63, 3.8) is 0 Å². The lowest BCUT2D eigenvalue weighted by Crippen LogP contribution is -2.40. The van der Waals surface area contributed by atoms with Crippen molar-refractivity contribution >= 4 is 11.8 Å². The van der Waals surface area contributed by atoms with Crippen LogP contribution in [0.4, 0.5) is 0 Å². The summed E-state index contributed by atoms with van der Waals surface area (Å²) in [4.78, 5) is 22.1. The molecule has 0 rings (SSSR count). The molecule has 0 aliphatic heterocycles. The Morgan fingerprint density at radius 1 is 0.913 bits per heavy atom. The lowest BCUT2D eigenvalue weighted by atomic mass is 10.0. The van der Waals surface area contributed by atoms with Crippen LogP contribution in [0.2, 0.25) is 0 Å². The van der Waals surface area contributed by atoms with E-state index >= 15 is 0 Å². The van der Waals surface area contributed by atoms with Gasteiger partial charge in [0.25, 0.3) is 0 Å². The van der Waals surface area contributed by atoms with Crippen LogP contribution in [0.3, 0.4) is 0 Å². The Hall–Kier alpha value is -1.66. The van der Waals surface area contributed by atoms with Crippen molar-refractivity contribution in [2.75, 3.05) is 26.3 Å². The SMILES string of the molecule is C=CC(=O)NCCOC(C)(C)COC(C)(C)CCNC(=O)C=C. The molecular weight excluding hydrogens is 296 g/mol. The molecule has 2 amide bonds. The van der Waals surface area contributed by atoms with Crippen LogP contribution in [-0.4, -0.2) is 49.3 Å². The molecule has 0 fully saturated rings. The van der Waals surface area contributed by atoms with E-state index in [2.05, 4.69) is 23.8 Å². The average molecular weight is 326 g/mol. The quantitative estimate of drug-likeness (QED) is 0.422. The number of ether oxygens (including phenoxy) is 2. The van der Waals surface area contributed by atoms with Gasteiger partial charge in [0.2, 0.25) is 11.8 Å². The van der Waals surface area contributed by atoms with Crippen LogP contribution >= 0.6 is 0 Å². The number of carbonyl (C=O) groups is 2. The van der Waals surface area contributed by atoms with Crippen LogP contribution in [-0.2, 0) is 19.1 Å². The van der Waals surface area contributed by atoms with Crippen molar-refractivity contribution in [1.82, 2.24) is 10.6 Å². The minimum atomic E-state index is -0.472. The summed E-state index contributed by atoms with van der Waals surface area (Å²) in [5.41, 5.74) is -0.854. The summed E-state index contributed by atoms with van der Waals surface area (Å²) in [6, 6.07) is 0. The van der Waals surface area contributed by atoms with Crippen LogP contribution in [0.1, 0.15) is 34.1 Å². The van der Waals surface area contributed by atoms with E-state index in [1.54, 1.807) is 0 Å². The number of carbonyl (C=O) groups excluding carboxylic acids is 2. The Bertz CT molecular complexity index is 417. The van der Waals surface area contributed by atoms with E-state index in [1.165, 1.54) is 12.2 Å². The topological polar surface area (TPSA) is 76.7 Å². The minimum Gasteiger partial charge on any atom is -0.373 e. The normalized spacial score (nSPS) is 11.7. The van der Waals surface area contributed by atoms with E-state index in [0.29, 0.717) is 32.7 Å². The fourth-order valence-electron chi connectivity index (χ4n) is 1.62. The molecule has 6 nitrogen and oxygen atoms in total. The number of hydrogen-bond acceptors (Lipinski definition) is 4. The number of nitrogens with one attached hydrogen (secondary N) is 2. The number of rotatable bonds is 12. The van der Waals surface area contributed by atoms with E-state index in [9.17, 15) is 9.59 Å². The van der Waals surface area contributed by atoms with E-state index in [0.717, 1.165) is 0 Å². The van der Waals surface area contributed by atoms with Crippen molar-refractivity contribution in [2.45, 2.75) is 45.3 Å². The van der Waals surface area contributed by atoms with Gasteiger partial charge in [-0.2, -0.15) is 0 Å². The molecule has 0 heterocycles. The second kappa shape index (κ2) is 10.2. The molecule has 2 N–H and O–H groups in total. The predicted molar refractivity (Wildman–Crippen MR) is 91.1 cm³/mol. The molecule has 132 valence electrons. The molecule has 0 saturated carbocycles. The Labute approximate surface area is 139 Å². The molecule has 23 heavy (non-hydrogen) atoms. The first-order chi connectivity index (χ1) is 10.6. The Kier molecular flexibility index (Phi) is 9.44. The molecule has 0 spiro atoms.